The smallest absolute Gasteiger partial charge is 0.416 e. The number of phenolic OH excluding ortho intramolecular Hbond substituents is 1. The van der Waals surface area contributed by atoms with Crippen LogP contribution in [0.5, 0.6) is 11.5 Å². The summed E-state index contributed by atoms with van der Waals surface area (Å²) in [5.41, 5.74) is -0.288. The molecule has 0 atom stereocenters. The van der Waals surface area contributed by atoms with E-state index >= 15 is 0 Å². The van der Waals surface area contributed by atoms with E-state index in [2.05, 4.69) is 0 Å². The molecule has 1 N–H and O–H groups in total. The van der Waals surface area contributed by atoms with Gasteiger partial charge in [0.1, 0.15) is 0 Å². The molecular weight excluding hydrogens is 399 g/mol. The topological polar surface area (TPSA) is 49.8 Å². The number of halogens is 3. The Hall–Kier alpha value is -2.52. The van der Waals surface area contributed by atoms with E-state index in [9.17, 15) is 23.1 Å². The number of phenols is 1. The SMILES string of the molecule is COc1ccc(C=C2SC(=S)N(c3cccc(C(F)(F)F)c3)C2=O)cc1O. The summed E-state index contributed by atoms with van der Waals surface area (Å²) in [5, 5.41) is 9.83. The molecule has 1 saturated heterocycles. The van der Waals surface area contributed by atoms with Gasteiger partial charge >= 0.3 is 6.18 Å². The monoisotopic (exact) mass is 411 g/mol. The second kappa shape index (κ2) is 7.24. The van der Waals surface area contributed by atoms with E-state index in [0.717, 1.165) is 28.8 Å². The van der Waals surface area contributed by atoms with Gasteiger partial charge in [-0.3, -0.25) is 9.69 Å². The number of hydrogen-bond donors (Lipinski definition) is 1. The molecule has 0 saturated carbocycles. The lowest BCUT2D eigenvalue weighted by Gasteiger charge is -2.16. The quantitative estimate of drug-likeness (QED) is 0.579. The van der Waals surface area contributed by atoms with E-state index in [0.29, 0.717) is 5.56 Å². The van der Waals surface area contributed by atoms with Crippen molar-refractivity contribution < 1.29 is 27.8 Å². The Kier molecular flexibility index (Phi) is 5.16. The normalized spacial score (nSPS) is 16.3. The van der Waals surface area contributed by atoms with Gasteiger partial charge < -0.3 is 9.84 Å². The molecule has 0 aromatic heterocycles. The third-order valence-electron chi connectivity index (χ3n) is 3.73. The van der Waals surface area contributed by atoms with Gasteiger partial charge in [0.05, 0.1) is 23.3 Å². The Morgan fingerprint density at radius 3 is 2.59 bits per heavy atom. The number of anilines is 1. The van der Waals surface area contributed by atoms with Gasteiger partial charge in [0.2, 0.25) is 0 Å². The number of ether oxygens (including phenoxy) is 1. The van der Waals surface area contributed by atoms with E-state index in [1.165, 1.54) is 37.5 Å². The molecule has 2 aromatic rings. The molecule has 0 unspecified atom stereocenters. The number of hydrogen-bond acceptors (Lipinski definition) is 5. The predicted molar refractivity (Wildman–Crippen MR) is 102 cm³/mol. The van der Waals surface area contributed by atoms with E-state index < -0.39 is 17.6 Å². The van der Waals surface area contributed by atoms with Crippen molar-refractivity contribution in [3.8, 4) is 11.5 Å². The largest absolute Gasteiger partial charge is 0.504 e. The molecule has 1 fully saturated rings. The Bertz CT molecular complexity index is 957. The van der Waals surface area contributed by atoms with E-state index in [-0.39, 0.29) is 26.4 Å². The first kappa shape index (κ1) is 19.2. The van der Waals surface area contributed by atoms with Crippen LogP contribution >= 0.6 is 24.0 Å². The Morgan fingerprint density at radius 1 is 1.22 bits per heavy atom. The zero-order valence-electron chi connectivity index (χ0n) is 13.8. The number of amides is 1. The summed E-state index contributed by atoms with van der Waals surface area (Å²) in [7, 11) is 1.41. The van der Waals surface area contributed by atoms with Gasteiger partial charge in [-0.05, 0) is 42.0 Å². The van der Waals surface area contributed by atoms with Crippen molar-refractivity contribution in [2.24, 2.45) is 0 Å². The number of benzene rings is 2. The van der Waals surface area contributed by atoms with Crippen molar-refractivity contribution >= 4 is 46.0 Å². The molecule has 0 aliphatic carbocycles. The molecule has 9 heteroatoms. The summed E-state index contributed by atoms with van der Waals surface area (Å²) in [6.45, 7) is 0. The standard InChI is InChI=1S/C18H12F3NO3S2/c1-25-14-6-5-10(7-13(14)23)8-15-16(24)22(17(26)27-15)12-4-2-3-11(9-12)18(19,20)21/h2-9,23H,1H3. The molecule has 4 nitrogen and oxygen atoms in total. The van der Waals surface area contributed by atoms with E-state index in [1.807, 2.05) is 0 Å². The van der Waals surface area contributed by atoms with Crippen LogP contribution in [0.25, 0.3) is 6.08 Å². The van der Waals surface area contributed by atoms with Crippen LogP contribution in [0.4, 0.5) is 18.9 Å². The van der Waals surface area contributed by atoms with E-state index in [4.69, 9.17) is 17.0 Å². The van der Waals surface area contributed by atoms with Crippen LogP contribution in [0.3, 0.4) is 0 Å². The minimum atomic E-state index is -4.52. The third kappa shape index (κ3) is 3.93. The molecule has 3 rings (SSSR count). The third-order valence-corrected chi connectivity index (χ3v) is 5.03. The van der Waals surface area contributed by atoms with Crippen molar-refractivity contribution in [1.29, 1.82) is 0 Å². The fourth-order valence-electron chi connectivity index (χ4n) is 2.46. The van der Waals surface area contributed by atoms with Gasteiger partial charge in [0.25, 0.3) is 5.91 Å². The molecular formula is C18H12F3NO3S2. The van der Waals surface area contributed by atoms with Crippen molar-refractivity contribution in [3.63, 3.8) is 0 Å². The molecule has 0 bridgehead atoms. The van der Waals surface area contributed by atoms with Gasteiger partial charge in [-0.15, -0.1) is 0 Å². The fraction of sp³-hybridized carbons (Fsp3) is 0.111. The van der Waals surface area contributed by atoms with Crippen LogP contribution in [-0.2, 0) is 11.0 Å². The summed E-state index contributed by atoms with van der Waals surface area (Å²) in [6.07, 6.45) is -3.01. The lowest BCUT2D eigenvalue weighted by molar-refractivity contribution is -0.137. The van der Waals surface area contributed by atoms with Crippen LogP contribution in [0.15, 0.2) is 47.4 Å². The maximum atomic E-state index is 12.9. The predicted octanol–water partition coefficient (Wildman–Crippen LogP) is 4.83. The van der Waals surface area contributed by atoms with Gasteiger partial charge in [-0.2, -0.15) is 13.2 Å². The van der Waals surface area contributed by atoms with Crippen LogP contribution < -0.4 is 9.64 Å². The van der Waals surface area contributed by atoms with E-state index in [1.54, 1.807) is 6.07 Å². The first-order valence-corrected chi connectivity index (χ1v) is 8.75. The van der Waals surface area contributed by atoms with Crippen molar-refractivity contribution in [2.45, 2.75) is 6.18 Å². The molecule has 1 amide bonds. The first-order valence-electron chi connectivity index (χ1n) is 7.53. The summed E-state index contributed by atoms with van der Waals surface area (Å²) in [6, 6.07) is 9.01. The summed E-state index contributed by atoms with van der Waals surface area (Å²) in [5.74, 6) is -0.345. The number of aromatic hydroxyl groups is 1. The lowest BCUT2D eigenvalue weighted by Crippen LogP contribution is -2.27. The molecule has 2 aromatic carbocycles. The average molecular weight is 411 g/mol. The summed E-state index contributed by atoms with van der Waals surface area (Å²) < 4.78 is 43.9. The number of thioether (sulfide) groups is 1. The molecule has 1 aliphatic heterocycles. The number of thiocarbonyl (C=S) groups is 1. The molecule has 0 radical (unpaired) electrons. The summed E-state index contributed by atoms with van der Waals surface area (Å²) in [4.78, 5) is 14.0. The first-order chi connectivity index (χ1) is 12.7. The van der Waals surface area contributed by atoms with Crippen LogP contribution in [0, 0.1) is 0 Å². The number of carbonyl (C=O) groups excluding carboxylic acids is 1. The maximum Gasteiger partial charge on any atom is 0.416 e. The summed E-state index contributed by atoms with van der Waals surface area (Å²) >= 11 is 6.15. The van der Waals surface area contributed by atoms with Crippen molar-refractivity contribution in [2.75, 3.05) is 12.0 Å². The van der Waals surface area contributed by atoms with Crippen LogP contribution in [0.1, 0.15) is 11.1 Å². The van der Waals surface area contributed by atoms with Gasteiger partial charge in [0.15, 0.2) is 15.8 Å². The number of carbonyl (C=O) groups is 1. The second-order valence-corrected chi connectivity index (χ2v) is 7.17. The minimum Gasteiger partial charge on any atom is -0.504 e. The maximum absolute atomic E-state index is 12.9. The Balaban J connectivity index is 1.93. The highest BCUT2D eigenvalue weighted by Crippen LogP contribution is 2.39. The molecule has 1 aliphatic rings. The highest BCUT2D eigenvalue weighted by Gasteiger charge is 2.36. The van der Waals surface area contributed by atoms with Gasteiger partial charge in [-0.1, -0.05) is 36.1 Å². The average Bonchev–Trinajstić information content (AvgIpc) is 2.88. The number of nitrogens with zero attached hydrogens (tertiary/aromatic N) is 1. The minimum absolute atomic E-state index is 0.0494. The fourth-order valence-corrected chi connectivity index (χ4v) is 3.76. The Labute approximate surface area is 162 Å². The Morgan fingerprint density at radius 2 is 1.96 bits per heavy atom. The zero-order chi connectivity index (χ0) is 19.8. The highest BCUT2D eigenvalue weighted by atomic mass is 32.2. The molecule has 140 valence electrons. The van der Waals surface area contributed by atoms with Crippen LogP contribution in [-0.4, -0.2) is 22.4 Å². The number of alkyl halides is 3. The molecule has 1 heterocycles. The van der Waals surface area contributed by atoms with Crippen molar-refractivity contribution in [1.82, 2.24) is 0 Å². The van der Waals surface area contributed by atoms with Crippen molar-refractivity contribution in [3.05, 3.63) is 58.5 Å². The zero-order valence-corrected chi connectivity index (χ0v) is 15.4. The van der Waals surface area contributed by atoms with Crippen LogP contribution in [0.2, 0.25) is 0 Å². The van der Waals surface area contributed by atoms with Gasteiger partial charge in [-0.25, -0.2) is 0 Å². The van der Waals surface area contributed by atoms with Gasteiger partial charge in [0, 0.05) is 0 Å². The molecule has 27 heavy (non-hydrogen) atoms. The number of rotatable bonds is 3. The lowest BCUT2D eigenvalue weighted by atomic mass is 10.1. The second-order valence-electron chi connectivity index (χ2n) is 5.50. The highest BCUT2D eigenvalue weighted by molar-refractivity contribution is 8.27. The molecule has 0 spiro atoms. The number of methoxy groups -OCH3 is 1.